The van der Waals surface area contributed by atoms with Crippen LogP contribution in [0.3, 0.4) is 0 Å². The average molecular weight is 169 g/mol. The van der Waals surface area contributed by atoms with Gasteiger partial charge < -0.3 is 0 Å². The zero-order valence-corrected chi connectivity index (χ0v) is 7.78. The summed E-state index contributed by atoms with van der Waals surface area (Å²) in [7, 11) is 0. The van der Waals surface area contributed by atoms with Gasteiger partial charge in [0, 0.05) is 5.02 Å². The first-order valence-electron chi connectivity index (χ1n) is 3.99. The van der Waals surface area contributed by atoms with Gasteiger partial charge in [0.25, 0.3) is 0 Å². The molecule has 0 amide bonds. The highest BCUT2D eigenvalue weighted by Crippen LogP contribution is 2.20. The summed E-state index contributed by atoms with van der Waals surface area (Å²) in [5, 5.41) is 0.909. The van der Waals surface area contributed by atoms with E-state index in [4.69, 9.17) is 11.6 Å². The van der Waals surface area contributed by atoms with Crippen LogP contribution in [0.1, 0.15) is 24.5 Å². The van der Waals surface area contributed by atoms with E-state index in [1.807, 2.05) is 12.1 Å². The van der Waals surface area contributed by atoms with Gasteiger partial charge in [-0.2, -0.15) is 0 Å². The predicted molar refractivity (Wildman–Crippen MR) is 50.2 cm³/mol. The molecular weight excluding hydrogens is 156 g/mol. The summed E-state index contributed by atoms with van der Waals surface area (Å²) >= 11 is 6.01. The molecule has 0 N–H and O–H groups in total. The van der Waals surface area contributed by atoms with Gasteiger partial charge in [-0.3, -0.25) is 0 Å². The Hall–Kier alpha value is -0.490. The molecule has 0 aliphatic rings. The molecule has 0 atom stereocenters. The van der Waals surface area contributed by atoms with Gasteiger partial charge in [-0.25, -0.2) is 0 Å². The highest BCUT2D eigenvalue weighted by molar-refractivity contribution is 6.31. The lowest BCUT2D eigenvalue weighted by Gasteiger charge is -2.05. The van der Waals surface area contributed by atoms with Crippen molar-refractivity contribution in [2.75, 3.05) is 0 Å². The van der Waals surface area contributed by atoms with Gasteiger partial charge in [0.2, 0.25) is 0 Å². The third-order valence-corrected chi connectivity index (χ3v) is 2.21. The van der Waals surface area contributed by atoms with Gasteiger partial charge in [0.1, 0.15) is 0 Å². The molecule has 0 aliphatic heterocycles. The number of hydrogen-bond donors (Lipinski definition) is 0. The molecule has 60 valence electrons. The van der Waals surface area contributed by atoms with Crippen LogP contribution in [0, 0.1) is 6.92 Å². The molecule has 0 nitrogen and oxygen atoms in total. The van der Waals surface area contributed by atoms with Gasteiger partial charge in [-0.05, 0) is 30.5 Å². The van der Waals surface area contributed by atoms with Crippen LogP contribution >= 0.6 is 11.6 Å². The highest BCUT2D eigenvalue weighted by Gasteiger charge is 2.00. The first kappa shape index (κ1) is 8.61. The molecule has 0 bridgehead atoms. The van der Waals surface area contributed by atoms with E-state index in [0.29, 0.717) is 0 Å². The standard InChI is InChI=1S/C10H13Cl/c1-3-5-9-8(2)6-4-7-10(9)11/h4,6-7H,3,5H2,1-2H3. The van der Waals surface area contributed by atoms with Crippen molar-refractivity contribution in [1.82, 2.24) is 0 Å². The van der Waals surface area contributed by atoms with Crippen LogP contribution < -0.4 is 0 Å². The van der Waals surface area contributed by atoms with E-state index < -0.39 is 0 Å². The molecule has 0 unspecified atom stereocenters. The third kappa shape index (κ3) is 1.97. The third-order valence-electron chi connectivity index (χ3n) is 1.85. The Morgan fingerprint density at radius 3 is 2.64 bits per heavy atom. The molecule has 0 saturated carbocycles. The molecular formula is C10H13Cl. The lowest BCUT2D eigenvalue weighted by molar-refractivity contribution is 0.913. The zero-order valence-electron chi connectivity index (χ0n) is 7.02. The number of halogens is 1. The van der Waals surface area contributed by atoms with Crippen LogP contribution in [0.5, 0.6) is 0 Å². The first-order valence-corrected chi connectivity index (χ1v) is 4.37. The second kappa shape index (κ2) is 3.77. The molecule has 1 rings (SSSR count). The first-order chi connectivity index (χ1) is 5.25. The maximum absolute atomic E-state index is 6.01. The largest absolute Gasteiger partial charge is 0.0840 e. The molecule has 0 fully saturated rings. The van der Waals surface area contributed by atoms with Crippen molar-refractivity contribution >= 4 is 11.6 Å². The summed E-state index contributed by atoms with van der Waals surface area (Å²) in [5.74, 6) is 0. The maximum Gasteiger partial charge on any atom is 0.0440 e. The molecule has 0 radical (unpaired) electrons. The van der Waals surface area contributed by atoms with Crippen LogP contribution in [0.4, 0.5) is 0 Å². The Bertz CT molecular complexity index is 220. The van der Waals surface area contributed by atoms with Crippen LogP contribution in [0.15, 0.2) is 18.2 Å². The summed E-state index contributed by atoms with van der Waals surface area (Å²) in [6.45, 7) is 4.28. The Labute approximate surface area is 73.2 Å². The van der Waals surface area contributed by atoms with E-state index in [0.717, 1.165) is 17.9 Å². The number of aryl methyl sites for hydroxylation is 1. The minimum Gasteiger partial charge on any atom is -0.0840 e. The van der Waals surface area contributed by atoms with E-state index in [9.17, 15) is 0 Å². The predicted octanol–water partition coefficient (Wildman–Crippen LogP) is 3.60. The summed E-state index contributed by atoms with van der Waals surface area (Å²) < 4.78 is 0. The topological polar surface area (TPSA) is 0 Å². The fraction of sp³-hybridized carbons (Fsp3) is 0.400. The highest BCUT2D eigenvalue weighted by atomic mass is 35.5. The summed E-state index contributed by atoms with van der Waals surface area (Å²) in [5.41, 5.74) is 2.61. The maximum atomic E-state index is 6.01. The number of rotatable bonds is 2. The zero-order chi connectivity index (χ0) is 8.27. The number of benzene rings is 1. The molecule has 1 aromatic carbocycles. The van der Waals surface area contributed by atoms with Crippen LogP contribution in [-0.2, 0) is 6.42 Å². The minimum atomic E-state index is 0.909. The van der Waals surface area contributed by atoms with Crippen LogP contribution in [0.2, 0.25) is 5.02 Å². The van der Waals surface area contributed by atoms with Crippen LogP contribution in [0.25, 0.3) is 0 Å². The minimum absolute atomic E-state index is 0.909. The normalized spacial score (nSPS) is 10.1. The molecule has 0 spiro atoms. The van der Waals surface area contributed by atoms with Crippen molar-refractivity contribution < 1.29 is 0 Å². The Kier molecular flexibility index (Phi) is 2.95. The van der Waals surface area contributed by atoms with E-state index in [2.05, 4.69) is 19.9 Å². The van der Waals surface area contributed by atoms with E-state index in [1.165, 1.54) is 11.1 Å². The fourth-order valence-corrected chi connectivity index (χ4v) is 1.55. The molecule has 0 aromatic heterocycles. The summed E-state index contributed by atoms with van der Waals surface area (Å²) in [6.07, 6.45) is 2.25. The van der Waals surface area contributed by atoms with Crippen molar-refractivity contribution in [2.24, 2.45) is 0 Å². The second-order valence-corrected chi connectivity index (χ2v) is 3.19. The van der Waals surface area contributed by atoms with Crippen molar-refractivity contribution in [1.29, 1.82) is 0 Å². The second-order valence-electron chi connectivity index (χ2n) is 2.79. The fourth-order valence-electron chi connectivity index (χ4n) is 1.23. The van der Waals surface area contributed by atoms with Gasteiger partial charge >= 0.3 is 0 Å². The van der Waals surface area contributed by atoms with E-state index >= 15 is 0 Å². The van der Waals surface area contributed by atoms with Gasteiger partial charge in [0.05, 0.1) is 0 Å². The molecule has 0 aliphatic carbocycles. The molecule has 0 heterocycles. The smallest absolute Gasteiger partial charge is 0.0440 e. The quantitative estimate of drug-likeness (QED) is 0.633. The average Bonchev–Trinajstić information content (AvgIpc) is 1.97. The van der Waals surface area contributed by atoms with Crippen LogP contribution in [-0.4, -0.2) is 0 Å². The summed E-state index contributed by atoms with van der Waals surface area (Å²) in [4.78, 5) is 0. The Morgan fingerprint density at radius 1 is 1.36 bits per heavy atom. The lowest BCUT2D eigenvalue weighted by atomic mass is 10.0. The van der Waals surface area contributed by atoms with E-state index in [-0.39, 0.29) is 0 Å². The molecule has 11 heavy (non-hydrogen) atoms. The molecule has 0 saturated heterocycles. The van der Waals surface area contributed by atoms with Crippen molar-refractivity contribution in [3.63, 3.8) is 0 Å². The molecule has 1 aromatic rings. The Balaban J connectivity index is 3.00. The Morgan fingerprint density at radius 2 is 2.09 bits per heavy atom. The SMILES string of the molecule is CCCc1c(C)cccc1Cl. The molecule has 1 heteroatoms. The van der Waals surface area contributed by atoms with E-state index in [1.54, 1.807) is 0 Å². The monoisotopic (exact) mass is 168 g/mol. The van der Waals surface area contributed by atoms with Gasteiger partial charge in [0.15, 0.2) is 0 Å². The van der Waals surface area contributed by atoms with Crippen molar-refractivity contribution in [3.05, 3.63) is 34.3 Å². The van der Waals surface area contributed by atoms with Crippen molar-refractivity contribution in [2.45, 2.75) is 26.7 Å². The van der Waals surface area contributed by atoms with Gasteiger partial charge in [-0.15, -0.1) is 0 Å². The summed E-state index contributed by atoms with van der Waals surface area (Å²) in [6, 6.07) is 6.06. The number of hydrogen-bond acceptors (Lipinski definition) is 0. The van der Waals surface area contributed by atoms with Crippen molar-refractivity contribution in [3.8, 4) is 0 Å². The lowest BCUT2D eigenvalue weighted by Crippen LogP contribution is -1.88. The van der Waals surface area contributed by atoms with Gasteiger partial charge in [-0.1, -0.05) is 37.1 Å².